The van der Waals surface area contributed by atoms with E-state index < -0.39 is 0 Å². The monoisotopic (exact) mass is 361 g/mol. The molecule has 0 aromatic heterocycles. The summed E-state index contributed by atoms with van der Waals surface area (Å²) in [5.74, 6) is 0.900. The molecule has 2 aliphatic heterocycles. The van der Waals surface area contributed by atoms with Gasteiger partial charge in [-0.3, -0.25) is 4.90 Å². The predicted octanol–water partition coefficient (Wildman–Crippen LogP) is 2.60. The molecule has 0 spiro atoms. The Hall–Kier alpha value is -1.08. The minimum Gasteiger partial charge on any atom is -0.496 e. The smallest absolute Gasteiger partial charge is 0.494 e. The van der Waals surface area contributed by atoms with Crippen LogP contribution in [-0.4, -0.2) is 55.6 Å². The third kappa shape index (κ3) is 3.93. The number of methoxy groups -OCH3 is 1. The Balaban J connectivity index is 1.81. The van der Waals surface area contributed by atoms with E-state index in [9.17, 15) is 0 Å². The van der Waals surface area contributed by atoms with Gasteiger partial charge in [-0.1, -0.05) is 12.1 Å². The normalized spacial score (nSPS) is 28.3. The molecule has 2 heterocycles. The standard InChI is InChI=1S/C20H32BNO4/c1-14-11-22(12-15(2)24-14)13-16-10-17(8-9-18(16)23-7)21-25-19(3,4)20(5,6)26-21/h8-10,14-15H,11-13H2,1-7H3. The van der Waals surface area contributed by atoms with E-state index in [1.807, 2.05) is 12.1 Å². The van der Waals surface area contributed by atoms with Gasteiger partial charge in [0.05, 0.1) is 30.5 Å². The topological polar surface area (TPSA) is 40.2 Å². The zero-order valence-corrected chi connectivity index (χ0v) is 17.2. The summed E-state index contributed by atoms with van der Waals surface area (Å²) in [4.78, 5) is 2.42. The molecule has 2 atom stereocenters. The highest BCUT2D eigenvalue weighted by Gasteiger charge is 2.51. The van der Waals surface area contributed by atoms with Crippen LogP contribution in [0.2, 0.25) is 0 Å². The van der Waals surface area contributed by atoms with Crippen molar-refractivity contribution in [2.24, 2.45) is 0 Å². The van der Waals surface area contributed by atoms with Gasteiger partial charge in [0.15, 0.2) is 0 Å². The van der Waals surface area contributed by atoms with Crippen molar-refractivity contribution in [3.05, 3.63) is 23.8 Å². The van der Waals surface area contributed by atoms with Crippen molar-refractivity contribution in [3.8, 4) is 5.75 Å². The van der Waals surface area contributed by atoms with Crippen LogP contribution in [0.25, 0.3) is 0 Å². The van der Waals surface area contributed by atoms with E-state index in [0.717, 1.165) is 36.4 Å². The fourth-order valence-corrected chi connectivity index (χ4v) is 3.70. The lowest BCUT2D eigenvalue weighted by Crippen LogP contribution is -2.45. The average Bonchev–Trinajstić information content (AvgIpc) is 2.74. The minimum atomic E-state index is -0.354. The number of ether oxygens (including phenoxy) is 2. The van der Waals surface area contributed by atoms with E-state index >= 15 is 0 Å². The molecule has 0 amide bonds. The van der Waals surface area contributed by atoms with Gasteiger partial charge < -0.3 is 18.8 Å². The van der Waals surface area contributed by atoms with Crippen LogP contribution in [0.3, 0.4) is 0 Å². The Labute approximate surface area is 158 Å². The fourth-order valence-electron chi connectivity index (χ4n) is 3.70. The van der Waals surface area contributed by atoms with Crippen LogP contribution in [0.4, 0.5) is 0 Å². The van der Waals surface area contributed by atoms with E-state index in [2.05, 4.69) is 52.5 Å². The van der Waals surface area contributed by atoms with Gasteiger partial charge >= 0.3 is 7.12 Å². The lowest BCUT2D eigenvalue weighted by atomic mass is 9.78. The first kappa shape index (κ1) is 19.7. The Kier molecular flexibility index (Phi) is 5.41. The summed E-state index contributed by atoms with van der Waals surface area (Å²) in [6.07, 6.45) is 0.493. The maximum absolute atomic E-state index is 6.21. The second-order valence-electron chi connectivity index (χ2n) is 8.61. The van der Waals surface area contributed by atoms with Gasteiger partial charge in [0, 0.05) is 25.2 Å². The van der Waals surface area contributed by atoms with Gasteiger partial charge in [-0.25, -0.2) is 0 Å². The van der Waals surface area contributed by atoms with Gasteiger partial charge in [0.2, 0.25) is 0 Å². The molecule has 0 radical (unpaired) electrons. The second-order valence-corrected chi connectivity index (χ2v) is 8.61. The largest absolute Gasteiger partial charge is 0.496 e. The van der Waals surface area contributed by atoms with Crippen LogP contribution in [0.5, 0.6) is 5.75 Å². The Morgan fingerprint density at radius 2 is 1.65 bits per heavy atom. The van der Waals surface area contributed by atoms with Crippen molar-refractivity contribution >= 4 is 12.6 Å². The number of rotatable bonds is 4. The van der Waals surface area contributed by atoms with E-state index in [1.165, 1.54) is 0 Å². The quantitative estimate of drug-likeness (QED) is 0.771. The highest BCUT2D eigenvalue weighted by Crippen LogP contribution is 2.36. The zero-order chi connectivity index (χ0) is 19.1. The van der Waals surface area contributed by atoms with Crippen LogP contribution in [-0.2, 0) is 20.6 Å². The van der Waals surface area contributed by atoms with Crippen molar-refractivity contribution in [1.29, 1.82) is 0 Å². The molecule has 2 aliphatic rings. The number of hydrogen-bond acceptors (Lipinski definition) is 5. The SMILES string of the molecule is COc1ccc(B2OC(C)(C)C(C)(C)O2)cc1CN1CC(C)OC(C)C1. The summed E-state index contributed by atoms with van der Waals surface area (Å²) in [6.45, 7) is 15.2. The summed E-state index contributed by atoms with van der Waals surface area (Å²) >= 11 is 0. The van der Waals surface area contributed by atoms with Gasteiger partial charge in [0.25, 0.3) is 0 Å². The number of hydrogen-bond donors (Lipinski definition) is 0. The van der Waals surface area contributed by atoms with Gasteiger partial charge in [-0.2, -0.15) is 0 Å². The van der Waals surface area contributed by atoms with Crippen molar-refractivity contribution in [3.63, 3.8) is 0 Å². The number of benzene rings is 1. The first-order valence-electron chi connectivity index (χ1n) is 9.51. The van der Waals surface area contributed by atoms with Crippen LogP contribution < -0.4 is 10.2 Å². The molecule has 2 unspecified atom stereocenters. The predicted molar refractivity (Wildman–Crippen MR) is 104 cm³/mol. The summed E-state index contributed by atoms with van der Waals surface area (Å²) < 4.78 is 23.9. The maximum Gasteiger partial charge on any atom is 0.494 e. The second kappa shape index (κ2) is 7.15. The summed E-state index contributed by atoms with van der Waals surface area (Å²) in [5.41, 5.74) is 1.51. The lowest BCUT2D eigenvalue weighted by Gasteiger charge is -2.35. The molecule has 0 N–H and O–H groups in total. The van der Waals surface area contributed by atoms with E-state index in [1.54, 1.807) is 7.11 Å². The van der Waals surface area contributed by atoms with Gasteiger partial charge in [0.1, 0.15) is 5.75 Å². The van der Waals surface area contributed by atoms with Crippen molar-refractivity contribution in [2.45, 2.75) is 71.5 Å². The van der Waals surface area contributed by atoms with Crippen LogP contribution in [0.1, 0.15) is 47.1 Å². The molecule has 2 fully saturated rings. The van der Waals surface area contributed by atoms with Crippen LogP contribution >= 0.6 is 0 Å². The van der Waals surface area contributed by atoms with Crippen molar-refractivity contribution in [1.82, 2.24) is 4.90 Å². The van der Waals surface area contributed by atoms with E-state index in [4.69, 9.17) is 18.8 Å². The molecule has 3 rings (SSSR count). The van der Waals surface area contributed by atoms with Crippen LogP contribution in [0.15, 0.2) is 18.2 Å². The molecule has 1 aromatic carbocycles. The molecule has 6 heteroatoms. The first-order valence-corrected chi connectivity index (χ1v) is 9.51. The third-order valence-corrected chi connectivity index (χ3v) is 5.72. The Morgan fingerprint density at radius 1 is 1.08 bits per heavy atom. The van der Waals surface area contributed by atoms with E-state index in [-0.39, 0.29) is 30.5 Å². The number of morpholine rings is 1. The maximum atomic E-state index is 6.21. The highest BCUT2D eigenvalue weighted by molar-refractivity contribution is 6.62. The molecular formula is C20H32BNO4. The average molecular weight is 361 g/mol. The zero-order valence-electron chi connectivity index (χ0n) is 17.2. The molecule has 144 valence electrons. The van der Waals surface area contributed by atoms with Crippen molar-refractivity contribution in [2.75, 3.05) is 20.2 Å². The Bertz CT molecular complexity index is 623. The molecule has 0 aliphatic carbocycles. The fraction of sp³-hybridized carbons (Fsp3) is 0.700. The molecule has 2 saturated heterocycles. The van der Waals surface area contributed by atoms with Crippen LogP contribution in [0, 0.1) is 0 Å². The summed E-state index contributed by atoms with van der Waals surface area (Å²) in [5, 5.41) is 0. The highest BCUT2D eigenvalue weighted by atomic mass is 16.7. The van der Waals surface area contributed by atoms with Gasteiger partial charge in [-0.05, 0) is 53.1 Å². The molecule has 1 aromatic rings. The lowest BCUT2D eigenvalue weighted by molar-refractivity contribution is -0.0706. The third-order valence-electron chi connectivity index (χ3n) is 5.72. The molecule has 0 saturated carbocycles. The summed E-state index contributed by atoms with van der Waals surface area (Å²) in [6, 6.07) is 6.21. The number of nitrogens with zero attached hydrogens (tertiary/aromatic N) is 1. The molecule has 5 nitrogen and oxygen atoms in total. The molecule has 0 bridgehead atoms. The first-order chi connectivity index (χ1) is 12.1. The molecule has 26 heavy (non-hydrogen) atoms. The minimum absolute atomic E-state index is 0.246. The molecular weight excluding hydrogens is 329 g/mol. The van der Waals surface area contributed by atoms with Gasteiger partial charge in [-0.15, -0.1) is 0 Å². The van der Waals surface area contributed by atoms with Crippen molar-refractivity contribution < 1.29 is 18.8 Å². The van der Waals surface area contributed by atoms with E-state index in [0.29, 0.717) is 0 Å². The summed E-state index contributed by atoms with van der Waals surface area (Å²) in [7, 11) is 1.37. The Morgan fingerprint density at radius 3 is 2.19 bits per heavy atom.